The molecule has 1 saturated heterocycles. The predicted molar refractivity (Wildman–Crippen MR) is 100 cm³/mol. The van der Waals surface area contributed by atoms with Crippen LogP contribution in [0.2, 0.25) is 0 Å². The van der Waals surface area contributed by atoms with Crippen molar-refractivity contribution in [2.75, 3.05) is 11.9 Å². The van der Waals surface area contributed by atoms with Gasteiger partial charge in [-0.15, -0.1) is 0 Å². The Morgan fingerprint density at radius 3 is 2.81 bits per heavy atom. The van der Waals surface area contributed by atoms with Gasteiger partial charge in [0.2, 0.25) is 5.91 Å². The lowest BCUT2D eigenvalue weighted by Gasteiger charge is -2.16. The Labute approximate surface area is 156 Å². The number of nitrogens with zero attached hydrogens (tertiary/aromatic N) is 4. The van der Waals surface area contributed by atoms with E-state index in [0.29, 0.717) is 30.0 Å². The number of nitrogens with one attached hydrogen (secondary N) is 1. The largest absolute Gasteiger partial charge is 0.338 e. The lowest BCUT2D eigenvalue weighted by atomic mass is 10.1. The summed E-state index contributed by atoms with van der Waals surface area (Å²) in [5, 5.41) is 6.97. The van der Waals surface area contributed by atoms with E-state index >= 15 is 0 Å². The molecule has 4 rings (SSSR count). The third-order valence-corrected chi connectivity index (χ3v) is 4.48. The minimum atomic E-state index is -0.210. The molecule has 7 heteroatoms. The Bertz CT molecular complexity index is 951. The van der Waals surface area contributed by atoms with Gasteiger partial charge < -0.3 is 10.2 Å². The third kappa shape index (κ3) is 3.87. The fourth-order valence-electron chi connectivity index (χ4n) is 3.11. The Hall–Kier alpha value is -3.48. The number of benzene rings is 1. The van der Waals surface area contributed by atoms with Crippen molar-refractivity contribution >= 4 is 17.5 Å². The van der Waals surface area contributed by atoms with Gasteiger partial charge in [-0.1, -0.05) is 12.1 Å². The third-order valence-electron chi connectivity index (χ3n) is 4.48. The number of rotatable bonds is 5. The molecular weight excluding hydrogens is 342 g/mol. The van der Waals surface area contributed by atoms with Crippen LogP contribution in [0.1, 0.15) is 28.8 Å². The highest BCUT2D eigenvalue weighted by molar-refractivity contribution is 6.04. The monoisotopic (exact) mass is 361 g/mol. The highest BCUT2D eigenvalue weighted by Gasteiger charge is 2.20. The van der Waals surface area contributed by atoms with Crippen molar-refractivity contribution < 1.29 is 9.59 Å². The van der Waals surface area contributed by atoms with Crippen molar-refractivity contribution in [2.24, 2.45) is 0 Å². The average molecular weight is 361 g/mol. The van der Waals surface area contributed by atoms with Gasteiger partial charge in [0.1, 0.15) is 0 Å². The molecule has 7 nitrogen and oxygen atoms in total. The van der Waals surface area contributed by atoms with Crippen LogP contribution in [0, 0.1) is 0 Å². The number of likely N-dealkylation sites (tertiary alicyclic amines) is 1. The number of carbonyl (C=O) groups excluding carboxylic acids is 2. The molecule has 0 atom stereocenters. The van der Waals surface area contributed by atoms with E-state index in [2.05, 4.69) is 15.4 Å². The van der Waals surface area contributed by atoms with Crippen molar-refractivity contribution in [1.29, 1.82) is 0 Å². The summed E-state index contributed by atoms with van der Waals surface area (Å²) in [6, 6.07) is 12.8. The van der Waals surface area contributed by atoms with E-state index in [1.165, 1.54) is 0 Å². The predicted octanol–water partition coefficient (Wildman–Crippen LogP) is 2.64. The molecule has 1 aromatic carbocycles. The SMILES string of the molecule is O=C(Nc1ccc(-n2cccn2)nc1)c1cccc(CN2CCCC2=O)c1. The molecule has 1 aliphatic rings. The molecular formula is C20H19N5O2. The highest BCUT2D eigenvalue weighted by atomic mass is 16.2. The fourth-order valence-corrected chi connectivity index (χ4v) is 3.11. The summed E-state index contributed by atoms with van der Waals surface area (Å²) in [5.41, 5.74) is 2.11. The van der Waals surface area contributed by atoms with Gasteiger partial charge in [-0.05, 0) is 42.3 Å². The van der Waals surface area contributed by atoms with Gasteiger partial charge in [0.05, 0.1) is 11.9 Å². The first kappa shape index (κ1) is 17.0. The Morgan fingerprint density at radius 2 is 2.11 bits per heavy atom. The molecule has 0 saturated carbocycles. The molecule has 0 radical (unpaired) electrons. The van der Waals surface area contributed by atoms with Crippen molar-refractivity contribution in [3.63, 3.8) is 0 Å². The van der Waals surface area contributed by atoms with Crippen LogP contribution in [0.3, 0.4) is 0 Å². The summed E-state index contributed by atoms with van der Waals surface area (Å²) >= 11 is 0. The summed E-state index contributed by atoms with van der Waals surface area (Å²) in [6.07, 6.45) is 6.60. The standard InChI is InChI=1S/C20H19N5O2/c26-19-6-2-10-24(19)14-15-4-1-5-16(12-15)20(27)23-17-7-8-18(21-13-17)25-11-3-9-22-25/h1,3-5,7-9,11-13H,2,6,10,14H2,(H,23,27). The van der Waals surface area contributed by atoms with Crippen molar-refractivity contribution in [2.45, 2.75) is 19.4 Å². The van der Waals surface area contributed by atoms with Crippen LogP contribution in [0.25, 0.3) is 5.82 Å². The van der Waals surface area contributed by atoms with Crippen molar-refractivity contribution in [3.8, 4) is 5.82 Å². The molecule has 0 aliphatic carbocycles. The maximum Gasteiger partial charge on any atom is 0.255 e. The van der Waals surface area contributed by atoms with E-state index in [0.717, 1.165) is 18.5 Å². The van der Waals surface area contributed by atoms with Gasteiger partial charge in [0.25, 0.3) is 5.91 Å². The molecule has 3 aromatic rings. The zero-order chi connectivity index (χ0) is 18.6. The van der Waals surface area contributed by atoms with E-state index in [1.54, 1.807) is 41.5 Å². The molecule has 3 heterocycles. The van der Waals surface area contributed by atoms with E-state index in [1.807, 2.05) is 29.2 Å². The van der Waals surface area contributed by atoms with E-state index in [-0.39, 0.29) is 11.8 Å². The second-order valence-corrected chi connectivity index (χ2v) is 6.43. The molecule has 1 fully saturated rings. The molecule has 2 aromatic heterocycles. The number of hydrogen-bond donors (Lipinski definition) is 1. The number of carbonyl (C=O) groups is 2. The Morgan fingerprint density at radius 1 is 1.19 bits per heavy atom. The van der Waals surface area contributed by atoms with Gasteiger partial charge in [0, 0.05) is 37.5 Å². The van der Waals surface area contributed by atoms with Crippen molar-refractivity contribution in [1.82, 2.24) is 19.7 Å². The number of pyridine rings is 1. The normalized spacial score (nSPS) is 13.8. The van der Waals surface area contributed by atoms with E-state index in [9.17, 15) is 9.59 Å². The maximum atomic E-state index is 12.5. The van der Waals surface area contributed by atoms with Crippen LogP contribution >= 0.6 is 0 Å². The summed E-state index contributed by atoms with van der Waals surface area (Å²) in [7, 11) is 0. The second kappa shape index (κ2) is 7.41. The average Bonchev–Trinajstić information content (AvgIpc) is 3.35. The molecule has 1 aliphatic heterocycles. The van der Waals surface area contributed by atoms with Crippen molar-refractivity contribution in [3.05, 3.63) is 72.2 Å². The molecule has 0 unspecified atom stereocenters. The molecule has 0 spiro atoms. The molecule has 0 bridgehead atoms. The van der Waals surface area contributed by atoms with Crippen LogP contribution in [-0.2, 0) is 11.3 Å². The summed E-state index contributed by atoms with van der Waals surface area (Å²) < 4.78 is 1.65. The smallest absolute Gasteiger partial charge is 0.255 e. The summed E-state index contributed by atoms with van der Waals surface area (Å²) in [4.78, 5) is 30.5. The van der Waals surface area contributed by atoms with Gasteiger partial charge in [-0.25, -0.2) is 9.67 Å². The number of amides is 2. The number of anilines is 1. The highest BCUT2D eigenvalue weighted by Crippen LogP contribution is 2.16. The molecule has 27 heavy (non-hydrogen) atoms. The molecule has 136 valence electrons. The van der Waals surface area contributed by atoms with Gasteiger partial charge in [-0.3, -0.25) is 9.59 Å². The quantitative estimate of drug-likeness (QED) is 0.758. The van der Waals surface area contributed by atoms with Crippen LogP contribution in [-0.4, -0.2) is 38.0 Å². The van der Waals surface area contributed by atoms with E-state index in [4.69, 9.17) is 0 Å². The lowest BCUT2D eigenvalue weighted by molar-refractivity contribution is -0.128. The summed E-state index contributed by atoms with van der Waals surface area (Å²) in [5.74, 6) is 0.640. The fraction of sp³-hybridized carbons (Fsp3) is 0.200. The van der Waals surface area contributed by atoms with Crippen LogP contribution in [0.5, 0.6) is 0 Å². The first-order chi connectivity index (χ1) is 13.2. The zero-order valence-corrected chi connectivity index (χ0v) is 14.7. The number of hydrogen-bond acceptors (Lipinski definition) is 4. The van der Waals surface area contributed by atoms with Crippen LogP contribution in [0.4, 0.5) is 5.69 Å². The van der Waals surface area contributed by atoms with Gasteiger partial charge >= 0.3 is 0 Å². The van der Waals surface area contributed by atoms with E-state index < -0.39 is 0 Å². The lowest BCUT2D eigenvalue weighted by Crippen LogP contribution is -2.24. The van der Waals surface area contributed by atoms with Gasteiger partial charge in [-0.2, -0.15) is 5.10 Å². The summed E-state index contributed by atoms with van der Waals surface area (Å²) in [6.45, 7) is 1.32. The molecule has 2 amide bonds. The first-order valence-corrected chi connectivity index (χ1v) is 8.83. The zero-order valence-electron chi connectivity index (χ0n) is 14.7. The van der Waals surface area contributed by atoms with Crippen LogP contribution < -0.4 is 5.32 Å². The van der Waals surface area contributed by atoms with Gasteiger partial charge in [0.15, 0.2) is 5.82 Å². The second-order valence-electron chi connectivity index (χ2n) is 6.43. The first-order valence-electron chi connectivity index (χ1n) is 8.83. The number of aromatic nitrogens is 3. The Kier molecular flexibility index (Phi) is 4.65. The van der Waals surface area contributed by atoms with Crippen LogP contribution in [0.15, 0.2) is 61.1 Å². The minimum Gasteiger partial charge on any atom is -0.338 e. The minimum absolute atomic E-state index is 0.174. The molecule has 1 N–H and O–H groups in total. The topological polar surface area (TPSA) is 80.1 Å². The maximum absolute atomic E-state index is 12.5. The Balaban J connectivity index is 1.43.